The third kappa shape index (κ3) is 4.14. The molecule has 1 atom stereocenters. The molecular weight excluding hydrogens is 289 g/mol. The molecular formula is C12H15BrClNO. The van der Waals surface area contributed by atoms with E-state index in [-0.39, 0.29) is 11.9 Å². The maximum absolute atomic E-state index is 11.5. The van der Waals surface area contributed by atoms with E-state index >= 15 is 0 Å². The van der Waals surface area contributed by atoms with Gasteiger partial charge in [0.15, 0.2) is 0 Å². The lowest BCUT2D eigenvalue weighted by atomic mass is 10.1. The van der Waals surface area contributed by atoms with E-state index in [0.717, 1.165) is 16.5 Å². The summed E-state index contributed by atoms with van der Waals surface area (Å²) in [6, 6.07) is 7.89. The highest BCUT2D eigenvalue weighted by molar-refractivity contribution is 9.10. The summed E-state index contributed by atoms with van der Waals surface area (Å²) in [7, 11) is 0. The number of amides is 1. The Balaban J connectivity index is 2.55. The van der Waals surface area contributed by atoms with Gasteiger partial charge in [-0.1, -0.05) is 34.1 Å². The molecule has 0 radical (unpaired) electrons. The fraction of sp³-hybridized carbons (Fsp3) is 0.417. The van der Waals surface area contributed by atoms with Crippen molar-refractivity contribution in [3.05, 3.63) is 34.3 Å². The fourth-order valence-corrected chi connectivity index (χ4v) is 2.21. The monoisotopic (exact) mass is 303 g/mol. The van der Waals surface area contributed by atoms with Crippen molar-refractivity contribution in [1.29, 1.82) is 0 Å². The van der Waals surface area contributed by atoms with Gasteiger partial charge in [0.1, 0.15) is 0 Å². The molecule has 1 amide bonds. The molecule has 0 heterocycles. The molecule has 0 saturated carbocycles. The van der Waals surface area contributed by atoms with E-state index in [1.54, 1.807) is 0 Å². The van der Waals surface area contributed by atoms with Gasteiger partial charge in [0.2, 0.25) is 5.91 Å². The molecule has 0 aliphatic rings. The Morgan fingerprint density at radius 3 is 2.81 bits per heavy atom. The largest absolute Gasteiger partial charge is 0.350 e. The first kappa shape index (κ1) is 13.5. The molecule has 16 heavy (non-hydrogen) atoms. The van der Waals surface area contributed by atoms with Crippen LogP contribution in [0.2, 0.25) is 0 Å². The lowest BCUT2D eigenvalue weighted by Crippen LogP contribution is -2.26. The molecule has 0 aromatic heterocycles. The summed E-state index contributed by atoms with van der Waals surface area (Å²) >= 11 is 9.00. The van der Waals surface area contributed by atoms with Crippen LogP contribution in [0, 0.1) is 0 Å². The Hall–Kier alpha value is -0.540. The third-order valence-corrected chi connectivity index (χ3v) is 3.28. The molecule has 0 aliphatic carbocycles. The normalized spacial score (nSPS) is 12.2. The first-order valence-electron chi connectivity index (χ1n) is 5.25. The molecule has 0 fully saturated rings. The predicted molar refractivity (Wildman–Crippen MR) is 70.7 cm³/mol. The van der Waals surface area contributed by atoms with Gasteiger partial charge < -0.3 is 5.32 Å². The van der Waals surface area contributed by atoms with Crippen LogP contribution in [0.4, 0.5) is 0 Å². The second kappa shape index (κ2) is 6.92. The SMILES string of the molecule is C[C@@H](NC(=O)CCCCl)c1ccccc1Br. The predicted octanol–water partition coefficient (Wildman–Crippen LogP) is 3.65. The van der Waals surface area contributed by atoms with Crippen LogP contribution in [-0.4, -0.2) is 11.8 Å². The lowest BCUT2D eigenvalue weighted by Gasteiger charge is -2.15. The van der Waals surface area contributed by atoms with Gasteiger partial charge in [-0.15, -0.1) is 11.6 Å². The number of carbonyl (C=O) groups excluding carboxylic acids is 1. The van der Waals surface area contributed by atoms with Gasteiger partial charge in [0.05, 0.1) is 6.04 Å². The second-order valence-electron chi connectivity index (χ2n) is 3.60. The average Bonchev–Trinajstić information content (AvgIpc) is 2.26. The van der Waals surface area contributed by atoms with E-state index in [1.165, 1.54) is 0 Å². The summed E-state index contributed by atoms with van der Waals surface area (Å²) in [5, 5.41) is 2.94. The molecule has 0 unspecified atom stereocenters. The van der Waals surface area contributed by atoms with Crippen molar-refractivity contribution in [3.63, 3.8) is 0 Å². The lowest BCUT2D eigenvalue weighted by molar-refractivity contribution is -0.121. The molecule has 0 bridgehead atoms. The summed E-state index contributed by atoms with van der Waals surface area (Å²) < 4.78 is 1.01. The second-order valence-corrected chi connectivity index (χ2v) is 4.84. The van der Waals surface area contributed by atoms with E-state index in [4.69, 9.17) is 11.6 Å². The smallest absolute Gasteiger partial charge is 0.220 e. The minimum Gasteiger partial charge on any atom is -0.350 e. The molecule has 88 valence electrons. The number of hydrogen-bond acceptors (Lipinski definition) is 1. The van der Waals surface area contributed by atoms with Crippen LogP contribution in [0.5, 0.6) is 0 Å². The summed E-state index contributed by atoms with van der Waals surface area (Å²) in [5.41, 5.74) is 1.08. The Morgan fingerprint density at radius 2 is 2.19 bits per heavy atom. The quantitative estimate of drug-likeness (QED) is 0.827. The van der Waals surface area contributed by atoms with Gasteiger partial charge in [-0.25, -0.2) is 0 Å². The average molecular weight is 305 g/mol. The number of halogens is 2. The van der Waals surface area contributed by atoms with E-state index in [0.29, 0.717) is 12.3 Å². The number of hydrogen-bond donors (Lipinski definition) is 1. The zero-order chi connectivity index (χ0) is 12.0. The van der Waals surface area contributed by atoms with Crippen molar-refractivity contribution in [2.75, 3.05) is 5.88 Å². The molecule has 1 rings (SSSR count). The zero-order valence-corrected chi connectivity index (χ0v) is 11.5. The molecule has 0 spiro atoms. The van der Waals surface area contributed by atoms with Crippen LogP contribution in [0.1, 0.15) is 31.4 Å². The summed E-state index contributed by atoms with van der Waals surface area (Å²) in [5.74, 6) is 0.570. The van der Waals surface area contributed by atoms with Crippen molar-refractivity contribution >= 4 is 33.4 Å². The third-order valence-electron chi connectivity index (χ3n) is 2.29. The topological polar surface area (TPSA) is 29.1 Å². The van der Waals surface area contributed by atoms with Crippen molar-refractivity contribution in [2.24, 2.45) is 0 Å². The summed E-state index contributed by atoms with van der Waals surface area (Å²) in [6.07, 6.45) is 1.20. The van der Waals surface area contributed by atoms with Crippen LogP contribution in [0.3, 0.4) is 0 Å². The first-order valence-corrected chi connectivity index (χ1v) is 6.57. The highest BCUT2D eigenvalue weighted by Crippen LogP contribution is 2.22. The van der Waals surface area contributed by atoms with Gasteiger partial charge >= 0.3 is 0 Å². The molecule has 2 nitrogen and oxygen atoms in total. The van der Waals surface area contributed by atoms with Crippen LogP contribution in [0.25, 0.3) is 0 Å². The van der Waals surface area contributed by atoms with E-state index < -0.39 is 0 Å². The standard InChI is InChI=1S/C12H15BrClNO/c1-9(15-12(16)7-4-8-14)10-5-2-3-6-11(10)13/h2-3,5-6,9H,4,7-8H2,1H3,(H,15,16)/t9-/m1/s1. The maximum Gasteiger partial charge on any atom is 0.220 e. The zero-order valence-electron chi connectivity index (χ0n) is 9.17. The maximum atomic E-state index is 11.5. The Morgan fingerprint density at radius 1 is 1.50 bits per heavy atom. The van der Waals surface area contributed by atoms with E-state index in [2.05, 4.69) is 21.2 Å². The van der Waals surface area contributed by atoms with Crippen LogP contribution in [-0.2, 0) is 4.79 Å². The van der Waals surface area contributed by atoms with Gasteiger partial charge in [-0.05, 0) is 25.0 Å². The Labute approximate surface area is 110 Å². The van der Waals surface area contributed by atoms with Gasteiger partial charge in [-0.2, -0.15) is 0 Å². The van der Waals surface area contributed by atoms with E-state index in [1.807, 2.05) is 31.2 Å². The van der Waals surface area contributed by atoms with Crippen molar-refractivity contribution in [2.45, 2.75) is 25.8 Å². The van der Waals surface area contributed by atoms with Gasteiger partial charge in [0.25, 0.3) is 0 Å². The molecule has 0 aliphatic heterocycles. The number of alkyl halides is 1. The Kier molecular flexibility index (Phi) is 5.85. The number of rotatable bonds is 5. The van der Waals surface area contributed by atoms with Crippen LogP contribution < -0.4 is 5.32 Å². The molecule has 0 saturated heterocycles. The van der Waals surface area contributed by atoms with Crippen LogP contribution >= 0.6 is 27.5 Å². The number of nitrogens with one attached hydrogen (secondary N) is 1. The van der Waals surface area contributed by atoms with Gasteiger partial charge in [-0.3, -0.25) is 4.79 Å². The van der Waals surface area contributed by atoms with Crippen molar-refractivity contribution < 1.29 is 4.79 Å². The van der Waals surface area contributed by atoms with Gasteiger partial charge in [0, 0.05) is 16.8 Å². The molecule has 1 aromatic carbocycles. The van der Waals surface area contributed by atoms with Crippen molar-refractivity contribution in [1.82, 2.24) is 5.32 Å². The first-order chi connectivity index (χ1) is 7.65. The minimum absolute atomic E-state index is 0.0124. The van der Waals surface area contributed by atoms with Crippen LogP contribution in [0.15, 0.2) is 28.7 Å². The fourth-order valence-electron chi connectivity index (χ4n) is 1.45. The highest BCUT2D eigenvalue weighted by Gasteiger charge is 2.11. The summed E-state index contributed by atoms with van der Waals surface area (Å²) in [4.78, 5) is 11.5. The molecule has 4 heteroatoms. The minimum atomic E-state index is 0.0124. The Bertz CT molecular complexity index is 357. The summed E-state index contributed by atoms with van der Waals surface area (Å²) in [6.45, 7) is 1.97. The number of carbonyl (C=O) groups is 1. The molecule has 1 N–H and O–H groups in total. The van der Waals surface area contributed by atoms with Crippen molar-refractivity contribution in [3.8, 4) is 0 Å². The molecule has 1 aromatic rings. The highest BCUT2D eigenvalue weighted by atomic mass is 79.9. The van der Waals surface area contributed by atoms with E-state index in [9.17, 15) is 4.79 Å². The number of benzene rings is 1.